The number of Topliss-reactive ketones (excluding diaryl/α,β-unsaturated/α-hetero) is 2. The van der Waals surface area contributed by atoms with Gasteiger partial charge in [-0.05, 0) is 35.4 Å². The van der Waals surface area contributed by atoms with Crippen LogP contribution in [0.3, 0.4) is 0 Å². The van der Waals surface area contributed by atoms with Crippen LogP contribution in [-0.2, 0) is 23.7 Å². The molecule has 4 heterocycles. The Morgan fingerprint density at radius 3 is 1.44 bits per heavy atom. The first-order valence-corrected chi connectivity index (χ1v) is 14.0. The molecule has 41 heavy (non-hydrogen) atoms. The second-order valence-corrected chi connectivity index (χ2v) is 13.0. The van der Waals surface area contributed by atoms with E-state index in [1.54, 1.807) is 12.1 Å². The van der Waals surface area contributed by atoms with Crippen molar-refractivity contribution in [3.05, 3.63) is 58.7 Å². The first kappa shape index (κ1) is 28.3. The van der Waals surface area contributed by atoms with Gasteiger partial charge in [0.15, 0.2) is 11.6 Å². The summed E-state index contributed by atoms with van der Waals surface area (Å²) >= 11 is 0. The van der Waals surface area contributed by atoms with Gasteiger partial charge in [-0.25, -0.2) is 0 Å². The fourth-order valence-corrected chi connectivity index (χ4v) is 6.15. The predicted octanol–water partition coefficient (Wildman–Crippen LogP) is 5.21. The molecule has 9 nitrogen and oxygen atoms in total. The zero-order valence-corrected chi connectivity index (χ0v) is 24.5. The summed E-state index contributed by atoms with van der Waals surface area (Å²) in [4.78, 5) is 26.5. The molecule has 4 aliphatic rings. The van der Waals surface area contributed by atoms with Crippen molar-refractivity contribution in [3.63, 3.8) is 0 Å². The number of hydrogen-bond acceptors (Lipinski definition) is 9. The number of ketones is 2. The summed E-state index contributed by atoms with van der Waals surface area (Å²) in [5.74, 6) is -2.00. The third-order valence-corrected chi connectivity index (χ3v) is 8.72. The molecule has 2 aromatic carbocycles. The average Bonchev–Trinajstić information content (AvgIpc) is 2.92. The van der Waals surface area contributed by atoms with Crippen LogP contribution in [0.4, 0.5) is 0 Å². The monoisotopic (exact) mass is 566 g/mol. The van der Waals surface area contributed by atoms with Crippen LogP contribution in [0.1, 0.15) is 84.6 Å². The molecule has 4 aliphatic heterocycles. The molecule has 0 radical (unpaired) electrons. The van der Waals surface area contributed by atoms with Crippen molar-refractivity contribution < 1.29 is 42.7 Å². The molecule has 2 aromatic rings. The quantitative estimate of drug-likeness (QED) is 0.426. The summed E-state index contributed by atoms with van der Waals surface area (Å²) < 4.78 is 41.4. The highest BCUT2D eigenvalue weighted by Gasteiger charge is 2.47. The Morgan fingerprint density at radius 1 is 0.707 bits per heavy atom. The molecule has 0 saturated carbocycles. The van der Waals surface area contributed by atoms with Gasteiger partial charge in [0.25, 0.3) is 0 Å². The van der Waals surface area contributed by atoms with Gasteiger partial charge in [0, 0.05) is 25.0 Å². The molecule has 220 valence electrons. The number of benzene rings is 2. The molecule has 0 bridgehead atoms. The van der Waals surface area contributed by atoms with Crippen LogP contribution in [-0.4, -0.2) is 63.8 Å². The summed E-state index contributed by atoms with van der Waals surface area (Å²) in [6.45, 7) is 9.79. The standard InChI is InChI=1S/C32H38O9/c1-29(2)15-38-27(29)19-7-9-25-21(11-19)23(33)13-31(35-5,40-25)17-37-18-32(36-6)14-24(34)22-12-20(8-10-26(22)41-32)28-30(3,4)16-39-28/h7-12,27-28H,13-18H2,1-6H3. The smallest absolute Gasteiger partial charge is 0.241 e. The molecule has 0 spiro atoms. The van der Waals surface area contributed by atoms with Gasteiger partial charge in [0.1, 0.15) is 24.7 Å². The van der Waals surface area contributed by atoms with E-state index in [0.717, 1.165) is 11.1 Å². The van der Waals surface area contributed by atoms with E-state index < -0.39 is 11.6 Å². The summed E-state index contributed by atoms with van der Waals surface area (Å²) in [6, 6.07) is 11.1. The van der Waals surface area contributed by atoms with Gasteiger partial charge < -0.3 is 33.2 Å². The van der Waals surface area contributed by atoms with Crippen LogP contribution in [0.5, 0.6) is 11.5 Å². The zero-order chi connectivity index (χ0) is 29.2. The first-order valence-electron chi connectivity index (χ1n) is 14.0. The maximum absolute atomic E-state index is 13.2. The molecular formula is C32H38O9. The summed E-state index contributed by atoms with van der Waals surface area (Å²) in [7, 11) is 2.96. The minimum absolute atomic E-state index is 0.0154. The number of rotatable bonds is 8. The lowest BCUT2D eigenvalue weighted by Gasteiger charge is -2.45. The van der Waals surface area contributed by atoms with E-state index in [2.05, 4.69) is 27.7 Å². The summed E-state index contributed by atoms with van der Waals surface area (Å²) in [5, 5.41) is 0. The second-order valence-electron chi connectivity index (χ2n) is 13.0. The highest BCUT2D eigenvalue weighted by Crippen LogP contribution is 2.48. The van der Waals surface area contributed by atoms with E-state index in [1.165, 1.54) is 14.2 Å². The lowest BCUT2D eigenvalue weighted by molar-refractivity contribution is -0.237. The molecule has 6 rings (SSSR count). The van der Waals surface area contributed by atoms with E-state index in [0.29, 0.717) is 35.8 Å². The van der Waals surface area contributed by atoms with Crippen LogP contribution in [0.2, 0.25) is 0 Å². The zero-order valence-electron chi connectivity index (χ0n) is 24.5. The molecule has 2 fully saturated rings. The molecule has 0 N–H and O–H groups in total. The van der Waals surface area contributed by atoms with Crippen molar-refractivity contribution in [1.82, 2.24) is 0 Å². The lowest BCUT2D eigenvalue weighted by atomic mass is 9.78. The van der Waals surface area contributed by atoms with Crippen LogP contribution in [0.15, 0.2) is 36.4 Å². The van der Waals surface area contributed by atoms with E-state index in [-0.39, 0.29) is 60.7 Å². The maximum atomic E-state index is 13.2. The van der Waals surface area contributed by atoms with E-state index in [9.17, 15) is 9.59 Å². The lowest BCUT2D eigenvalue weighted by Crippen LogP contribution is -2.51. The van der Waals surface area contributed by atoms with Crippen molar-refractivity contribution in [2.24, 2.45) is 10.8 Å². The van der Waals surface area contributed by atoms with E-state index >= 15 is 0 Å². The third-order valence-electron chi connectivity index (χ3n) is 8.72. The number of methoxy groups -OCH3 is 2. The fraction of sp³-hybridized carbons (Fsp3) is 0.562. The molecular weight excluding hydrogens is 528 g/mol. The molecule has 2 saturated heterocycles. The highest BCUT2D eigenvalue weighted by molar-refractivity contribution is 6.01. The Hall–Kier alpha value is -2.82. The number of carbonyl (C=O) groups excluding carboxylic acids is 2. The Balaban J connectivity index is 1.14. The third kappa shape index (κ3) is 4.87. The number of fused-ring (bicyclic) bond motifs is 2. The van der Waals surface area contributed by atoms with Crippen molar-refractivity contribution in [1.29, 1.82) is 0 Å². The summed E-state index contributed by atoms with van der Waals surface area (Å²) in [6.07, 6.45) is -0.173. The van der Waals surface area contributed by atoms with Crippen LogP contribution in [0.25, 0.3) is 0 Å². The summed E-state index contributed by atoms with van der Waals surface area (Å²) in [5.41, 5.74) is 2.94. The van der Waals surface area contributed by atoms with Crippen molar-refractivity contribution >= 4 is 11.6 Å². The van der Waals surface area contributed by atoms with Gasteiger partial charge in [-0.15, -0.1) is 0 Å². The molecule has 0 aromatic heterocycles. The van der Waals surface area contributed by atoms with Crippen molar-refractivity contribution in [3.8, 4) is 11.5 Å². The van der Waals surface area contributed by atoms with Crippen LogP contribution < -0.4 is 9.47 Å². The average molecular weight is 567 g/mol. The minimum atomic E-state index is -1.33. The Morgan fingerprint density at radius 2 is 1.12 bits per heavy atom. The molecule has 4 atom stereocenters. The van der Waals surface area contributed by atoms with Crippen molar-refractivity contribution in [2.75, 3.05) is 40.6 Å². The Bertz CT molecular complexity index is 1280. The highest BCUT2D eigenvalue weighted by atomic mass is 16.7. The normalized spacial score (nSPS) is 31.2. The largest absolute Gasteiger partial charge is 0.459 e. The Labute approximate surface area is 240 Å². The van der Waals surface area contributed by atoms with Crippen molar-refractivity contribution in [2.45, 2.75) is 64.3 Å². The first-order chi connectivity index (χ1) is 19.4. The fourth-order valence-electron chi connectivity index (χ4n) is 6.15. The van der Waals surface area contributed by atoms with Crippen LogP contribution >= 0.6 is 0 Å². The van der Waals surface area contributed by atoms with Gasteiger partial charge in [-0.3, -0.25) is 9.59 Å². The van der Waals surface area contributed by atoms with E-state index in [4.69, 9.17) is 33.2 Å². The maximum Gasteiger partial charge on any atom is 0.241 e. The molecule has 9 heteroatoms. The minimum Gasteiger partial charge on any atom is -0.459 e. The number of hydrogen-bond donors (Lipinski definition) is 0. The van der Waals surface area contributed by atoms with E-state index in [1.807, 2.05) is 24.3 Å². The SMILES string of the molecule is COC1(COCC2(OC)CC(=O)c3cc(C4OCC4(C)C)ccc3O2)CC(=O)c2cc(C3OCC3(C)C)ccc2O1. The van der Waals surface area contributed by atoms with Gasteiger partial charge >= 0.3 is 0 Å². The van der Waals surface area contributed by atoms with Crippen LogP contribution in [0, 0.1) is 10.8 Å². The Kier molecular flexibility index (Phi) is 6.82. The second kappa shape index (κ2) is 9.88. The van der Waals surface area contributed by atoms with Gasteiger partial charge in [0.2, 0.25) is 11.6 Å². The molecule has 0 amide bonds. The number of ether oxygens (including phenoxy) is 7. The van der Waals surface area contributed by atoms with Gasteiger partial charge in [0.05, 0.1) is 49.4 Å². The van der Waals surface area contributed by atoms with Gasteiger partial charge in [-0.2, -0.15) is 0 Å². The molecule has 0 aliphatic carbocycles. The van der Waals surface area contributed by atoms with Gasteiger partial charge in [-0.1, -0.05) is 39.8 Å². The predicted molar refractivity (Wildman–Crippen MR) is 147 cm³/mol. The molecule has 4 unspecified atom stereocenters. The number of carbonyl (C=O) groups is 2. The topological polar surface area (TPSA) is 98.8 Å².